The van der Waals surface area contributed by atoms with Crippen LogP contribution in [0, 0.1) is 0 Å². The number of carbonyl (C=O) groups is 2. The van der Waals surface area contributed by atoms with Crippen molar-refractivity contribution in [3.05, 3.63) is 18.2 Å². The van der Waals surface area contributed by atoms with Crippen LogP contribution in [0.15, 0.2) is 18.2 Å². The zero-order valence-electron chi connectivity index (χ0n) is 16.5. The Labute approximate surface area is 157 Å². The Kier molecular flexibility index (Phi) is 10.4. The van der Waals surface area contributed by atoms with Gasteiger partial charge >= 0.3 is 11.9 Å². The molecule has 0 spiro atoms. The zero-order chi connectivity index (χ0) is 19.4. The third kappa shape index (κ3) is 8.37. The van der Waals surface area contributed by atoms with Crippen LogP contribution in [0.2, 0.25) is 0 Å². The summed E-state index contributed by atoms with van der Waals surface area (Å²) in [5.74, 6) is 0.146. The fraction of sp³-hybridized carbons (Fsp3) is 0.619. The Morgan fingerprint density at radius 1 is 0.846 bits per heavy atom. The highest BCUT2D eigenvalue weighted by molar-refractivity contribution is 5.77. The van der Waals surface area contributed by atoms with Crippen LogP contribution in [0.5, 0.6) is 17.2 Å². The average Bonchev–Trinajstić information content (AvgIpc) is 2.57. The second-order valence-corrected chi connectivity index (χ2v) is 6.61. The highest BCUT2D eigenvalue weighted by atomic mass is 16.6. The van der Waals surface area contributed by atoms with E-state index in [1.165, 1.54) is 0 Å². The molecule has 26 heavy (non-hydrogen) atoms. The monoisotopic (exact) mass is 364 g/mol. The number of unbranched alkanes of at least 4 members (excludes halogenated alkanes) is 4. The number of hydrogen-bond donors (Lipinski definition) is 0. The van der Waals surface area contributed by atoms with Gasteiger partial charge in [-0.1, -0.05) is 45.6 Å². The summed E-state index contributed by atoms with van der Waals surface area (Å²) in [6.07, 6.45) is 6.14. The van der Waals surface area contributed by atoms with Crippen molar-refractivity contribution in [3.63, 3.8) is 0 Å². The molecular formula is C21H32O5. The standard InChI is InChI=1S/C21H32O5/c1-5-7-9-14-19(22)25-18-13-11-12-17(24-16(3)4)21(18)26-20(23)15-10-8-6-2/h11-13,16H,5-10,14-15H2,1-4H3. The Bertz CT molecular complexity index is 566. The van der Waals surface area contributed by atoms with E-state index in [9.17, 15) is 9.59 Å². The quantitative estimate of drug-likeness (QED) is 0.280. The van der Waals surface area contributed by atoms with Crippen LogP contribution in [0.4, 0.5) is 0 Å². The van der Waals surface area contributed by atoms with Crippen molar-refractivity contribution < 1.29 is 23.8 Å². The van der Waals surface area contributed by atoms with Gasteiger partial charge in [-0.25, -0.2) is 0 Å². The first-order valence-electron chi connectivity index (χ1n) is 9.68. The largest absolute Gasteiger partial charge is 0.487 e. The van der Waals surface area contributed by atoms with Crippen molar-refractivity contribution in [2.75, 3.05) is 0 Å². The molecule has 0 bridgehead atoms. The summed E-state index contributed by atoms with van der Waals surface area (Å²) < 4.78 is 16.7. The fourth-order valence-electron chi connectivity index (χ4n) is 2.40. The Balaban J connectivity index is 2.90. The summed E-state index contributed by atoms with van der Waals surface area (Å²) in [5.41, 5.74) is 0. The lowest BCUT2D eigenvalue weighted by molar-refractivity contribution is -0.137. The smallest absolute Gasteiger partial charge is 0.311 e. The molecule has 0 saturated carbocycles. The van der Waals surface area contributed by atoms with E-state index in [4.69, 9.17) is 14.2 Å². The van der Waals surface area contributed by atoms with Gasteiger partial charge in [0.1, 0.15) is 0 Å². The van der Waals surface area contributed by atoms with Crippen LogP contribution < -0.4 is 14.2 Å². The van der Waals surface area contributed by atoms with Gasteiger partial charge in [0.25, 0.3) is 0 Å². The first-order valence-corrected chi connectivity index (χ1v) is 9.68. The number of esters is 2. The van der Waals surface area contributed by atoms with Crippen molar-refractivity contribution in [3.8, 4) is 17.2 Å². The lowest BCUT2D eigenvalue weighted by atomic mass is 10.2. The Hall–Kier alpha value is -2.04. The summed E-state index contributed by atoms with van der Waals surface area (Å²) in [7, 11) is 0. The van der Waals surface area contributed by atoms with Gasteiger partial charge in [-0.15, -0.1) is 0 Å². The molecule has 0 fully saturated rings. The van der Waals surface area contributed by atoms with E-state index < -0.39 is 0 Å². The maximum atomic E-state index is 12.2. The van der Waals surface area contributed by atoms with Crippen LogP contribution in [0.3, 0.4) is 0 Å². The second kappa shape index (κ2) is 12.3. The minimum atomic E-state index is -0.346. The number of ether oxygens (including phenoxy) is 3. The average molecular weight is 364 g/mol. The Morgan fingerprint density at radius 3 is 1.92 bits per heavy atom. The molecule has 1 aromatic carbocycles. The molecule has 0 radical (unpaired) electrons. The molecule has 0 aliphatic heterocycles. The van der Waals surface area contributed by atoms with E-state index >= 15 is 0 Å². The molecule has 0 N–H and O–H groups in total. The SMILES string of the molecule is CCCCCC(=O)Oc1cccc(OC(C)C)c1OC(=O)CCCCC. The van der Waals surface area contributed by atoms with E-state index in [1.807, 2.05) is 13.8 Å². The van der Waals surface area contributed by atoms with Crippen molar-refractivity contribution in [1.29, 1.82) is 0 Å². The third-order valence-corrected chi connectivity index (χ3v) is 3.71. The minimum absolute atomic E-state index is 0.0944. The Morgan fingerprint density at radius 2 is 1.38 bits per heavy atom. The highest BCUT2D eigenvalue weighted by Gasteiger charge is 2.19. The van der Waals surface area contributed by atoms with Crippen LogP contribution >= 0.6 is 0 Å². The number of hydrogen-bond acceptors (Lipinski definition) is 5. The topological polar surface area (TPSA) is 61.8 Å². The molecule has 0 aromatic heterocycles. The van der Waals surface area contributed by atoms with E-state index in [0.29, 0.717) is 18.6 Å². The molecular weight excluding hydrogens is 332 g/mol. The van der Waals surface area contributed by atoms with Gasteiger partial charge in [-0.3, -0.25) is 9.59 Å². The number of benzene rings is 1. The molecule has 0 aliphatic carbocycles. The lowest BCUT2D eigenvalue weighted by Gasteiger charge is -2.17. The maximum Gasteiger partial charge on any atom is 0.311 e. The molecule has 0 unspecified atom stereocenters. The zero-order valence-corrected chi connectivity index (χ0v) is 16.5. The fourth-order valence-corrected chi connectivity index (χ4v) is 2.40. The van der Waals surface area contributed by atoms with E-state index in [1.54, 1.807) is 18.2 Å². The molecule has 0 amide bonds. The highest BCUT2D eigenvalue weighted by Crippen LogP contribution is 2.38. The molecule has 5 nitrogen and oxygen atoms in total. The van der Waals surface area contributed by atoms with Crippen LogP contribution in [-0.4, -0.2) is 18.0 Å². The summed E-state index contributed by atoms with van der Waals surface area (Å²) in [6, 6.07) is 5.06. The molecule has 0 aliphatic rings. The van der Waals surface area contributed by atoms with Gasteiger partial charge in [-0.05, 0) is 38.8 Å². The van der Waals surface area contributed by atoms with Crippen molar-refractivity contribution in [2.45, 2.75) is 85.2 Å². The normalized spacial score (nSPS) is 10.7. The lowest BCUT2D eigenvalue weighted by Crippen LogP contribution is -2.14. The molecule has 0 atom stereocenters. The van der Waals surface area contributed by atoms with Gasteiger partial charge in [-0.2, -0.15) is 0 Å². The summed E-state index contributed by atoms with van der Waals surface area (Å²) in [5, 5.41) is 0. The number of rotatable bonds is 12. The van der Waals surface area contributed by atoms with Gasteiger partial charge in [0.05, 0.1) is 6.10 Å². The summed E-state index contributed by atoms with van der Waals surface area (Å²) >= 11 is 0. The minimum Gasteiger partial charge on any atom is -0.487 e. The molecule has 0 heterocycles. The first-order chi connectivity index (χ1) is 12.5. The van der Waals surface area contributed by atoms with Gasteiger partial charge in [0.15, 0.2) is 11.5 Å². The molecule has 5 heteroatoms. The predicted octanol–water partition coefficient (Wildman–Crippen LogP) is 5.45. The van der Waals surface area contributed by atoms with Crippen LogP contribution in [0.1, 0.15) is 79.1 Å². The van der Waals surface area contributed by atoms with Crippen molar-refractivity contribution in [1.82, 2.24) is 0 Å². The van der Waals surface area contributed by atoms with Crippen molar-refractivity contribution in [2.24, 2.45) is 0 Å². The molecule has 146 valence electrons. The molecule has 1 aromatic rings. The van der Waals surface area contributed by atoms with E-state index in [0.717, 1.165) is 38.5 Å². The van der Waals surface area contributed by atoms with E-state index in [-0.39, 0.29) is 29.5 Å². The maximum absolute atomic E-state index is 12.2. The summed E-state index contributed by atoms with van der Waals surface area (Å²) in [4.78, 5) is 24.2. The van der Waals surface area contributed by atoms with Gasteiger partial charge in [0.2, 0.25) is 5.75 Å². The molecule has 0 saturated heterocycles. The van der Waals surface area contributed by atoms with Crippen molar-refractivity contribution >= 4 is 11.9 Å². The van der Waals surface area contributed by atoms with Gasteiger partial charge in [0, 0.05) is 12.8 Å². The van der Waals surface area contributed by atoms with E-state index in [2.05, 4.69) is 13.8 Å². The van der Waals surface area contributed by atoms with Gasteiger partial charge < -0.3 is 14.2 Å². The third-order valence-electron chi connectivity index (χ3n) is 3.71. The second-order valence-electron chi connectivity index (χ2n) is 6.61. The number of para-hydroxylation sites is 1. The summed E-state index contributed by atoms with van der Waals surface area (Å²) in [6.45, 7) is 7.92. The number of carbonyl (C=O) groups excluding carboxylic acids is 2. The predicted molar refractivity (Wildman–Crippen MR) is 102 cm³/mol. The first kappa shape index (κ1) is 22.0. The van der Waals surface area contributed by atoms with Crippen LogP contribution in [-0.2, 0) is 9.59 Å². The molecule has 1 rings (SSSR count). The van der Waals surface area contributed by atoms with Crippen LogP contribution in [0.25, 0.3) is 0 Å².